The Morgan fingerprint density at radius 2 is 1.19 bits per heavy atom. The van der Waals surface area contributed by atoms with Crippen molar-refractivity contribution in [3.8, 4) is 0 Å². The minimum absolute atomic E-state index is 0.165. The van der Waals surface area contributed by atoms with Gasteiger partial charge in [0.25, 0.3) is 5.08 Å². The number of carbonyl (C=O) groups excluding carboxylic acids is 2. The molecule has 31 heavy (non-hydrogen) atoms. The number of hydrogen-bond donors (Lipinski definition) is 4. The van der Waals surface area contributed by atoms with Gasteiger partial charge in [0, 0.05) is 12.5 Å². The molecule has 0 amide bonds. The van der Waals surface area contributed by atoms with Crippen LogP contribution in [0.5, 0.6) is 0 Å². The van der Waals surface area contributed by atoms with Crippen molar-refractivity contribution in [3.05, 3.63) is 0 Å². The summed E-state index contributed by atoms with van der Waals surface area (Å²) >= 11 is 0. The third-order valence-corrected chi connectivity index (χ3v) is 8.59. The van der Waals surface area contributed by atoms with Crippen LogP contribution in [-0.2, 0) is 37.2 Å². The first-order valence-corrected chi connectivity index (χ1v) is 12.6. The van der Waals surface area contributed by atoms with Gasteiger partial charge in [-0.15, -0.1) is 0 Å². The molecule has 3 atom stereocenters. The van der Waals surface area contributed by atoms with E-state index in [0.29, 0.717) is 0 Å². The standard InChI is InChI=1S/C17H35NO11P2/c1-12(18)8-9-17(21,30(22,23)28-10-26-13(19)15(2,3)4)31(24,25)29-11-27-14(20)16(5,6)7/h12,21H,8-11,18H2,1-7H3,(H,22,23)(H,24,25). The predicted molar refractivity (Wildman–Crippen MR) is 110 cm³/mol. The van der Waals surface area contributed by atoms with Crippen LogP contribution in [0.1, 0.15) is 61.3 Å². The summed E-state index contributed by atoms with van der Waals surface area (Å²) in [6.07, 6.45) is -0.936. The number of ether oxygens (including phenoxy) is 2. The molecule has 0 aromatic rings. The fourth-order valence-electron chi connectivity index (χ4n) is 1.81. The zero-order chi connectivity index (χ0) is 24.9. The fraction of sp³-hybridized carbons (Fsp3) is 0.882. The molecule has 0 rings (SSSR count). The third kappa shape index (κ3) is 8.90. The first kappa shape index (κ1) is 30.2. The van der Waals surface area contributed by atoms with Gasteiger partial charge in [-0.05, 0) is 54.9 Å². The van der Waals surface area contributed by atoms with Gasteiger partial charge in [0.1, 0.15) is 0 Å². The van der Waals surface area contributed by atoms with Crippen molar-refractivity contribution in [3.63, 3.8) is 0 Å². The lowest BCUT2D eigenvalue weighted by atomic mass is 9.98. The molecule has 0 aromatic heterocycles. The monoisotopic (exact) mass is 491 g/mol. The van der Waals surface area contributed by atoms with E-state index in [1.807, 2.05) is 0 Å². The molecule has 0 aliphatic rings. The summed E-state index contributed by atoms with van der Waals surface area (Å²) in [5, 5.41) is 7.43. The van der Waals surface area contributed by atoms with E-state index in [1.165, 1.54) is 48.5 Å². The van der Waals surface area contributed by atoms with Gasteiger partial charge in [-0.3, -0.25) is 27.8 Å². The van der Waals surface area contributed by atoms with Crippen molar-refractivity contribution in [1.29, 1.82) is 0 Å². The molecule has 0 radical (unpaired) electrons. The van der Waals surface area contributed by atoms with Crippen LogP contribution in [-0.4, -0.2) is 51.5 Å². The highest BCUT2D eigenvalue weighted by Crippen LogP contribution is 2.73. The average molecular weight is 491 g/mol. The van der Waals surface area contributed by atoms with E-state index in [1.54, 1.807) is 0 Å². The van der Waals surface area contributed by atoms with Crippen molar-refractivity contribution in [1.82, 2.24) is 0 Å². The lowest BCUT2D eigenvalue weighted by molar-refractivity contribution is -0.160. The second-order valence-electron chi connectivity index (χ2n) is 9.19. The van der Waals surface area contributed by atoms with Crippen molar-refractivity contribution >= 4 is 27.1 Å². The third-order valence-electron chi connectivity index (χ3n) is 3.90. The number of carbonyl (C=O) groups is 2. The van der Waals surface area contributed by atoms with Gasteiger partial charge in [-0.2, -0.15) is 0 Å². The Morgan fingerprint density at radius 3 is 1.45 bits per heavy atom. The van der Waals surface area contributed by atoms with E-state index in [-0.39, 0.29) is 6.42 Å². The van der Waals surface area contributed by atoms with Crippen molar-refractivity contribution in [2.45, 2.75) is 72.4 Å². The van der Waals surface area contributed by atoms with Gasteiger partial charge in [-0.25, -0.2) is 0 Å². The average Bonchev–Trinajstić information content (AvgIpc) is 2.56. The quantitative estimate of drug-likeness (QED) is 0.187. The van der Waals surface area contributed by atoms with Crippen molar-refractivity contribution < 1.29 is 52.1 Å². The number of hydrogen-bond acceptors (Lipinski definition) is 10. The molecule has 0 heterocycles. The highest BCUT2D eigenvalue weighted by atomic mass is 31.2. The van der Waals surface area contributed by atoms with Crippen LogP contribution < -0.4 is 5.73 Å². The first-order valence-electron chi connectivity index (χ1n) is 9.44. The van der Waals surface area contributed by atoms with E-state index in [9.17, 15) is 33.6 Å². The van der Waals surface area contributed by atoms with E-state index in [2.05, 4.69) is 9.05 Å². The Balaban J connectivity index is 5.53. The lowest BCUT2D eigenvalue weighted by Gasteiger charge is -2.34. The van der Waals surface area contributed by atoms with Crippen LogP contribution in [0.15, 0.2) is 0 Å². The van der Waals surface area contributed by atoms with E-state index >= 15 is 0 Å². The summed E-state index contributed by atoms with van der Waals surface area (Å²) in [4.78, 5) is 44.1. The molecule has 0 spiro atoms. The summed E-state index contributed by atoms with van der Waals surface area (Å²) < 4.78 is 44.1. The molecule has 14 heteroatoms. The molecule has 5 N–H and O–H groups in total. The highest BCUT2D eigenvalue weighted by molar-refractivity contribution is 7.72. The predicted octanol–water partition coefficient (Wildman–Crippen LogP) is 2.26. The van der Waals surface area contributed by atoms with Crippen molar-refractivity contribution in [2.75, 3.05) is 13.6 Å². The SMILES string of the molecule is CC(N)CCC(O)(P(=O)(O)OCOC(=O)C(C)(C)C)P(=O)(O)OCOC(=O)C(C)(C)C. The van der Waals surface area contributed by atoms with Crippen molar-refractivity contribution in [2.24, 2.45) is 16.6 Å². The topological polar surface area (TPSA) is 192 Å². The normalized spacial score (nSPS) is 19.5. The van der Waals surface area contributed by atoms with E-state index in [4.69, 9.17) is 15.2 Å². The number of aliphatic hydroxyl groups is 1. The minimum Gasteiger partial charge on any atom is -0.438 e. The van der Waals surface area contributed by atoms with Crippen LogP contribution in [0, 0.1) is 10.8 Å². The van der Waals surface area contributed by atoms with Gasteiger partial charge in [0.05, 0.1) is 10.8 Å². The maximum Gasteiger partial charge on any atom is 0.374 e. The second-order valence-corrected chi connectivity index (χ2v) is 13.6. The molecular formula is C17H35NO11P2. The summed E-state index contributed by atoms with van der Waals surface area (Å²) in [5.74, 6) is -1.55. The van der Waals surface area contributed by atoms with Gasteiger partial charge in [0.2, 0.25) is 13.6 Å². The number of rotatable bonds is 11. The molecule has 0 saturated heterocycles. The van der Waals surface area contributed by atoms with Gasteiger partial charge in [-0.1, -0.05) is 0 Å². The Hall–Kier alpha value is -0.840. The Kier molecular flexibility index (Phi) is 10.6. The molecule has 3 unspecified atom stereocenters. The van der Waals surface area contributed by atoms with E-state index in [0.717, 1.165) is 0 Å². The first-order chi connectivity index (χ1) is 13.7. The molecule has 184 valence electrons. The molecule has 0 aliphatic heterocycles. The summed E-state index contributed by atoms with van der Waals surface area (Å²) in [6, 6.07) is -0.621. The van der Waals surface area contributed by atoms with Crippen LogP contribution >= 0.6 is 15.2 Å². The van der Waals surface area contributed by atoms with E-state index < -0.39 is 69.1 Å². The maximum atomic E-state index is 12.7. The Morgan fingerprint density at radius 1 is 0.871 bits per heavy atom. The zero-order valence-electron chi connectivity index (χ0n) is 19.0. The summed E-state index contributed by atoms with van der Waals surface area (Å²) in [5.41, 5.74) is 3.70. The minimum atomic E-state index is -5.35. The largest absolute Gasteiger partial charge is 0.438 e. The van der Waals surface area contributed by atoms with Gasteiger partial charge >= 0.3 is 27.1 Å². The molecule has 0 aromatic carbocycles. The molecule has 12 nitrogen and oxygen atoms in total. The maximum absolute atomic E-state index is 12.7. The zero-order valence-corrected chi connectivity index (χ0v) is 20.8. The molecule has 0 saturated carbocycles. The van der Waals surface area contributed by atoms with Crippen LogP contribution in [0.25, 0.3) is 0 Å². The van der Waals surface area contributed by atoms with Gasteiger partial charge < -0.3 is 30.1 Å². The smallest absolute Gasteiger partial charge is 0.374 e. The summed E-state index contributed by atoms with van der Waals surface area (Å²) in [7, 11) is -10.7. The van der Waals surface area contributed by atoms with Crippen LogP contribution in [0.2, 0.25) is 0 Å². The Labute approximate surface area is 182 Å². The lowest BCUT2D eigenvalue weighted by Crippen LogP contribution is -2.34. The molecule has 0 fully saturated rings. The number of nitrogens with two attached hydrogens (primary N) is 1. The molecule has 0 aliphatic carbocycles. The Bertz CT molecular complexity index is 673. The fourth-order valence-corrected chi connectivity index (χ4v) is 5.06. The second kappa shape index (κ2) is 10.9. The highest BCUT2D eigenvalue weighted by Gasteiger charge is 2.62. The molecular weight excluding hydrogens is 456 g/mol. The van der Waals surface area contributed by atoms with Gasteiger partial charge in [0.15, 0.2) is 0 Å². The summed E-state index contributed by atoms with van der Waals surface area (Å²) in [6.45, 7) is 8.55. The van der Waals surface area contributed by atoms with Crippen LogP contribution in [0.4, 0.5) is 0 Å². The number of esters is 2. The van der Waals surface area contributed by atoms with Crippen LogP contribution in [0.3, 0.4) is 0 Å². The molecule has 0 bridgehead atoms.